The maximum Gasteiger partial charge on any atom is 0.292 e. The summed E-state index contributed by atoms with van der Waals surface area (Å²) in [5.74, 6) is 0. The fourth-order valence-corrected chi connectivity index (χ4v) is 15.0. The molecule has 1 fully saturated rings. The van der Waals surface area contributed by atoms with E-state index in [1.165, 1.54) is 64.0 Å². The van der Waals surface area contributed by atoms with Crippen LogP contribution in [0.3, 0.4) is 0 Å². The third kappa shape index (κ3) is 4.20. The standard InChI is InChI=1S/C49H43B3N2OS/c1-47(2)39-30-36(56(33-17-8-5-9-18-33,34-19-10-6-11-20-34)35-21-12-7-13-22-35)31-41-44(39)52(46-43(47)37-29-32(53(3)4)25-26-42(37)55-46)40-24-16-23-38-45(40)54(41)49(51)28-15-14-27-48(38,49)50/h5-13,16-26,29-31H,14-15,27-28H2,1-4H3. The fourth-order valence-electron chi connectivity index (χ4n) is 11.1. The Labute approximate surface area is 335 Å². The van der Waals surface area contributed by atoms with Crippen molar-refractivity contribution in [3.63, 3.8) is 0 Å². The fraction of sp³-hybridized carbons (Fsp3) is 0.224. The summed E-state index contributed by atoms with van der Waals surface area (Å²) in [6.07, 6.45) is 3.78. The zero-order valence-corrected chi connectivity index (χ0v) is 33.4. The number of hydrogen-bond acceptors (Lipinski definition) is 3. The van der Waals surface area contributed by atoms with Crippen molar-refractivity contribution in [3.05, 3.63) is 156 Å². The van der Waals surface area contributed by atoms with Crippen molar-refractivity contribution < 1.29 is 4.42 Å². The molecule has 2 unspecified atom stereocenters. The summed E-state index contributed by atoms with van der Waals surface area (Å²) < 4.78 is 7.14. The van der Waals surface area contributed by atoms with E-state index in [9.17, 15) is 0 Å². The van der Waals surface area contributed by atoms with Crippen LogP contribution >= 0.6 is 10.0 Å². The molecule has 3 aliphatic heterocycles. The molecule has 3 nitrogen and oxygen atoms in total. The molecule has 4 radical (unpaired) electrons. The zero-order chi connectivity index (χ0) is 38.2. The van der Waals surface area contributed by atoms with Gasteiger partial charge in [-0.05, 0) is 101 Å². The van der Waals surface area contributed by atoms with Gasteiger partial charge in [-0.3, -0.25) is 0 Å². The maximum atomic E-state index is 7.92. The van der Waals surface area contributed by atoms with Crippen LogP contribution in [0.5, 0.6) is 0 Å². The van der Waals surface area contributed by atoms with Crippen molar-refractivity contribution in [1.29, 1.82) is 0 Å². The molecule has 7 heteroatoms. The molecule has 0 bridgehead atoms. The first-order chi connectivity index (χ1) is 27.1. The number of anilines is 3. The highest BCUT2D eigenvalue weighted by molar-refractivity contribution is 8.34. The molecule has 56 heavy (non-hydrogen) atoms. The van der Waals surface area contributed by atoms with Gasteiger partial charge in [-0.1, -0.05) is 106 Å². The van der Waals surface area contributed by atoms with Crippen molar-refractivity contribution >= 4 is 77.0 Å². The Morgan fingerprint density at radius 1 is 0.679 bits per heavy atom. The number of benzene rings is 6. The molecule has 0 N–H and O–H groups in total. The van der Waals surface area contributed by atoms with Crippen molar-refractivity contribution in [2.45, 2.75) is 75.3 Å². The molecule has 0 saturated heterocycles. The lowest BCUT2D eigenvalue weighted by Crippen LogP contribution is -2.67. The van der Waals surface area contributed by atoms with Gasteiger partial charge in [0.05, 0.1) is 13.5 Å². The SMILES string of the molecule is [B]C12CCCCC1([B])N1c3cc(S(c4ccccc4)(c4ccccc4)c4ccccc4)cc4c3B(c3cccc2c31)c1oc2ccc(N(C)C)cc2c1C4(C)C. The van der Waals surface area contributed by atoms with E-state index in [1.54, 1.807) is 0 Å². The van der Waals surface area contributed by atoms with E-state index in [0.717, 1.165) is 42.6 Å². The van der Waals surface area contributed by atoms with Crippen molar-refractivity contribution in [1.82, 2.24) is 0 Å². The molecule has 4 aliphatic rings. The second kappa shape index (κ2) is 11.8. The first kappa shape index (κ1) is 34.3. The number of rotatable bonds is 5. The predicted molar refractivity (Wildman–Crippen MR) is 237 cm³/mol. The van der Waals surface area contributed by atoms with Crippen LogP contribution in [0.15, 0.2) is 164 Å². The van der Waals surface area contributed by atoms with Crippen LogP contribution in [0.4, 0.5) is 17.1 Å². The molecule has 6 aromatic carbocycles. The number of nitrogens with zero attached hydrogens (tertiary/aromatic N) is 2. The van der Waals surface area contributed by atoms with Gasteiger partial charge in [0.1, 0.15) is 13.4 Å². The molecule has 7 aromatic rings. The maximum absolute atomic E-state index is 7.92. The van der Waals surface area contributed by atoms with Gasteiger partial charge >= 0.3 is 0 Å². The molecule has 1 aliphatic carbocycles. The summed E-state index contributed by atoms with van der Waals surface area (Å²) >= 11 is 0. The first-order valence-electron chi connectivity index (χ1n) is 20.0. The van der Waals surface area contributed by atoms with Crippen molar-refractivity contribution in [2.24, 2.45) is 0 Å². The quantitative estimate of drug-likeness (QED) is 0.164. The monoisotopic (exact) mass is 740 g/mol. The molecule has 11 rings (SSSR count). The van der Waals surface area contributed by atoms with Crippen LogP contribution < -0.4 is 26.4 Å². The topological polar surface area (TPSA) is 19.6 Å². The van der Waals surface area contributed by atoms with Crippen molar-refractivity contribution in [3.8, 4) is 0 Å². The van der Waals surface area contributed by atoms with Crippen LogP contribution in [0.2, 0.25) is 0 Å². The molecule has 1 aromatic heterocycles. The van der Waals surface area contributed by atoms with E-state index in [1.807, 2.05) is 0 Å². The molecular formula is C49H43B3N2OS. The minimum atomic E-state index is -2.03. The minimum absolute atomic E-state index is 0.111. The second-order valence-electron chi connectivity index (χ2n) is 17.1. The van der Waals surface area contributed by atoms with E-state index in [0.29, 0.717) is 0 Å². The van der Waals surface area contributed by atoms with Gasteiger partial charge in [-0.25, -0.2) is 0 Å². The molecule has 270 valence electrons. The highest BCUT2D eigenvalue weighted by Crippen LogP contribution is 2.74. The summed E-state index contributed by atoms with van der Waals surface area (Å²) in [5, 5.41) is 0.484. The van der Waals surface area contributed by atoms with Crippen LogP contribution in [0.25, 0.3) is 11.0 Å². The average molecular weight is 740 g/mol. The van der Waals surface area contributed by atoms with E-state index in [-0.39, 0.29) is 6.71 Å². The lowest BCUT2D eigenvalue weighted by atomic mass is 9.32. The van der Waals surface area contributed by atoms with Gasteiger partial charge in [0.25, 0.3) is 6.71 Å². The van der Waals surface area contributed by atoms with Gasteiger partial charge in [-0.15, -0.1) is 10.0 Å². The molecule has 4 heterocycles. The highest BCUT2D eigenvalue weighted by Gasteiger charge is 2.61. The summed E-state index contributed by atoms with van der Waals surface area (Å²) in [4.78, 5) is 9.89. The van der Waals surface area contributed by atoms with Crippen molar-refractivity contribution in [2.75, 3.05) is 23.9 Å². The van der Waals surface area contributed by atoms with Crippen LogP contribution in [0, 0.1) is 0 Å². The van der Waals surface area contributed by atoms with Crippen LogP contribution in [-0.2, 0) is 10.7 Å². The number of para-hydroxylation sites is 1. The predicted octanol–water partition coefficient (Wildman–Crippen LogP) is 9.26. The Hall–Kier alpha value is -5.00. The van der Waals surface area contributed by atoms with E-state index in [2.05, 4.69) is 177 Å². The highest BCUT2D eigenvalue weighted by atomic mass is 32.3. The smallest absolute Gasteiger partial charge is 0.292 e. The van der Waals surface area contributed by atoms with Gasteiger partial charge in [-0.2, -0.15) is 0 Å². The average Bonchev–Trinajstić information content (AvgIpc) is 3.71. The van der Waals surface area contributed by atoms with Gasteiger partial charge in [0.2, 0.25) is 0 Å². The molecule has 1 saturated carbocycles. The summed E-state index contributed by atoms with van der Waals surface area (Å²) in [6, 6.07) is 52.1. The van der Waals surface area contributed by atoms with Gasteiger partial charge in [0.15, 0.2) is 0 Å². The van der Waals surface area contributed by atoms with Crippen LogP contribution in [0.1, 0.15) is 56.2 Å². The molecule has 2 atom stereocenters. The second-order valence-corrected chi connectivity index (χ2v) is 20.2. The van der Waals surface area contributed by atoms with E-state index >= 15 is 0 Å². The Bertz CT molecular complexity index is 2620. The number of furan rings is 1. The lowest BCUT2D eigenvalue weighted by Gasteiger charge is -2.54. The number of fused-ring (bicyclic) bond motifs is 9. The van der Waals surface area contributed by atoms with Crippen LogP contribution in [-0.4, -0.2) is 41.9 Å². The van der Waals surface area contributed by atoms with E-state index in [4.69, 9.17) is 20.1 Å². The summed E-state index contributed by atoms with van der Waals surface area (Å²) in [6.45, 7) is 4.71. The van der Waals surface area contributed by atoms with E-state index < -0.39 is 26.2 Å². The Morgan fingerprint density at radius 3 is 1.93 bits per heavy atom. The zero-order valence-electron chi connectivity index (χ0n) is 32.6. The lowest BCUT2D eigenvalue weighted by molar-refractivity contribution is 0.321. The Kier molecular flexibility index (Phi) is 7.20. The molecular weight excluding hydrogens is 697 g/mol. The van der Waals surface area contributed by atoms with Gasteiger partial charge in [0, 0.05) is 72.5 Å². The Morgan fingerprint density at radius 2 is 1.30 bits per heavy atom. The molecule has 0 spiro atoms. The van der Waals surface area contributed by atoms with Gasteiger partial charge < -0.3 is 14.2 Å². The summed E-state index contributed by atoms with van der Waals surface area (Å²) in [7, 11) is 17.8. The largest absolute Gasteiger partial charge is 0.470 e. The summed E-state index contributed by atoms with van der Waals surface area (Å²) in [5.41, 5.74) is 10.6. The third-order valence-electron chi connectivity index (χ3n) is 13.7. The third-order valence-corrected chi connectivity index (χ3v) is 17.6. The molecule has 0 amide bonds. The minimum Gasteiger partial charge on any atom is -0.470 e. The number of hydrogen-bond donors (Lipinski definition) is 0. The Balaban J connectivity index is 1.32. The first-order valence-corrected chi connectivity index (χ1v) is 21.7. The normalized spacial score (nSPS) is 21.6.